The second-order valence-electron chi connectivity index (χ2n) is 4.88. The van der Waals surface area contributed by atoms with Gasteiger partial charge in [-0.05, 0) is 31.2 Å². The predicted molar refractivity (Wildman–Crippen MR) is 87.5 cm³/mol. The quantitative estimate of drug-likeness (QED) is 0.489. The first-order valence-corrected chi connectivity index (χ1v) is 8.86. The van der Waals surface area contributed by atoms with E-state index in [9.17, 15) is 18.0 Å². The maximum absolute atomic E-state index is 12.3. The van der Waals surface area contributed by atoms with Gasteiger partial charge >= 0.3 is 11.9 Å². The van der Waals surface area contributed by atoms with Crippen LogP contribution in [0, 0.1) is 0 Å². The molecular weight excluding hydrogens is 336 g/mol. The second-order valence-corrected chi connectivity index (χ2v) is 6.64. The Morgan fingerprint density at radius 1 is 0.958 bits per heavy atom. The van der Waals surface area contributed by atoms with Gasteiger partial charge in [0.1, 0.15) is 0 Å². The van der Waals surface area contributed by atoms with Crippen LogP contribution in [0.15, 0.2) is 23.1 Å². The van der Waals surface area contributed by atoms with E-state index >= 15 is 0 Å². The van der Waals surface area contributed by atoms with Crippen LogP contribution in [0.3, 0.4) is 0 Å². The molecule has 134 valence electrons. The first-order chi connectivity index (χ1) is 11.4. The van der Waals surface area contributed by atoms with E-state index in [1.807, 2.05) is 6.92 Å². The molecule has 0 spiro atoms. The fourth-order valence-corrected chi connectivity index (χ4v) is 2.99. The lowest BCUT2D eigenvalue weighted by atomic mass is 10.1. The molecule has 0 fully saturated rings. The Bertz CT molecular complexity index is 653. The first kappa shape index (κ1) is 20.1. The Labute approximate surface area is 141 Å². The number of esters is 2. The molecule has 0 radical (unpaired) electrons. The van der Waals surface area contributed by atoms with E-state index in [-0.39, 0.29) is 22.6 Å². The van der Waals surface area contributed by atoms with Crippen molar-refractivity contribution in [3.63, 3.8) is 0 Å². The molecule has 0 amide bonds. The summed E-state index contributed by atoms with van der Waals surface area (Å²) in [5.74, 6) is -1.50. The van der Waals surface area contributed by atoms with Gasteiger partial charge in [-0.15, -0.1) is 0 Å². The lowest BCUT2D eigenvalue weighted by molar-refractivity contribution is 0.0598. The normalized spacial score (nSPS) is 11.1. The Hall–Kier alpha value is -1.97. The van der Waals surface area contributed by atoms with Gasteiger partial charge < -0.3 is 14.8 Å². The number of sulfonamides is 1. The number of carbonyl (C=O) groups is 2. The monoisotopic (exact) mass is 358 g/mol. The minimum Gasteiger partial charge on any atom is -0.465 e. The molecule has 0 aromatic heterocycles. The summed E-state index contributed by atoms with van der Waals surface area (Å²) in [6.45, 7) is 3.43. The molecule has 1 rings (SSSR count). The van der Waals surface area contributed by atoms with Crippen LogP contribution in [0.4, 0.5) is 0 Å². The highest BCUT2D eigenvalue weighted by Crippen LogP contribution is 2.17. The van der Waals surface area contributed by atoms with Gasteiger partial charge in [-0.25, -0.2) is 22.7 Å². The number of benzene rings is 1. The molecule has 1 aromatic rings. The molecule has 8 nitrogen and oxygen atoms in total. The minimum absolute atomic E-state index is 0.0510. The Balaban J connectivity index is 3.07. The molecule has 0 unspecified atom stereocenters. The van der Waals surface area contributed by atoms with Crippen molar-refractivity contribution >= 4 is 22.0 Å². The van der Waals surface area contributed by atoms with Crippen LogP contribution in [-0.4, -0.2) is 54.2 Å². The lowest BCUT2D eigenvalue weighted by Crippen LogP contribution is -2.32. The molecule has 0 saturated carbocycles. The SMILES string of the molecule is CCCNCCNS(=O)(=O)c1cc(C(=O)OC)cc(C(=O)OC)c1. The molecule has 0 aliphatic carbocycles. The summed E-state index contributed by atoms with van der Waals surface area (Å²) in [5, 5.41) is 3.06. The van der Waals surface area contributed by atoms with Gasteiger partial charge in [-0.2, -0.15) is 0 Å². The lowest BCUT2D eigenvalue weighted by Gasteiger charge is -2.10. The molecular formula is C15H22N2O6S. The third kappa shape index (κ3) is 5.59. The van der Waals surface area contributed by atoms with Gasteiger partial charge in [-0.3, -0.25) is 0 Å². The van der Waals surface area contributed by atoms with E-state index in [1.54, 1.807) is 0 Å². The maximum Gasteiger partial charge on any atom is 0.337 e. The maximum atomic E-state index is 12.3. The van der Waals surface area contributed by atoms with Crippen molar-refractivity contribution < 1.29 is 27.5 Å². The smallest absolute Gasteiger partial charge is 0.337 e. The average molecular weight is 358 g/mol. The van der Waals surface area contributed by atoms with Crippen molar-refractivity contribution in [1.82, 2.24) is 10.0 Å². The third-order valence-corrected chi connectivity index (χ3v) is 4.52. The van der Waals surface area contributed by atoms with Crippen LogP contribution < -0.4 is 10.0 Å². The van der Waals surface area contributed by atoms with Gasteiger partial charge in [0.15, 0.2) is 0 Å². The van der Waals surface area contributed by atoms with Gasteiger partial charge in [-0.1, -0.05) is 6.92 Å². The molecule has 0 bridgehead atoms. The fraction of sp³-hybridized carbons (Fsp3) is 0.467. The molecule has 9 heteroatoms. The fourth-order valence-electron chi connectivity index (χ4n) is 1.88. The van der Waals surface area contributed by atoms with Gasteiger partial charge in [0, 0.05) is 13.1 Å². The number of methoxy groups -OCH3 is 2. The second kappa shape index (κ2) is 9.36. The third-order valence-electron chi connectivity index (χ3n) is 3.08. The zero-order chi connectivity index (χ0) is 18.2. The number of hydrogen-bond acceptors (Lipinski definition) is 7. The number of ether oxygens (including phenoxy) is 2. The van der Waals surface area contributed by atoms with Crippen molar-refractivity contribution in [1.29, 1.82) is 0 Å². The Kier molecular flexibility index (Phi) is 7.83. The number of hydrogen-bond donors (Lipinski definition) is 2. The van der Waals surface area contributed by atoms with Crippen LogP contribution >= 0.6 is 0 Å². The summed E-state index contributed by atoms with van der Waals surface area (Å²) in [7, 11) is -1.55. The molecule has 1 aromatic carbocycles. The van der Waals surface area contributed by atoms with Crippen molar-refractivity contribution in [2.24, 2.45) is 0 Å². The summed E-state index contributed by atoms with van der Waals surface area (Å²) in [4.78, 5) is 23.2. The van der Waals surface area contributed by atoms with Crippen LogP contribution in [-0.2, 0) is 19.5 Å². The summed E-state index contributed by atoms with van der Waals surface area (Å²) in [6.07, 6.45) is 0.941. The number of rotatable bonds is 9. The van der Waals surface area contributed by atoms with Crippen molar-refractivity contribution in [2.45, 2.75) is 18.2 Å². The summed E-state index contributed by atoms with van der Waals surface area (Å²) in [5.41, 5.74) is -0.102. The van der Waals surface area contributed by atoms with E-state index in [4.69, 9.17) is 0 Å². The topological polar surface area (TPSA) is 111 Å². The van der Waals surface area contributed by atoms with Crippen molar-refractivity contribution in [2.75, 3.05) is 33.9 Å². The molecule has 0 saturated heterocycles. The van der Waals surface area contributed by atoms with E-state index in [0.29, 0.717) is 6.54 Å². The van der Waals surface area contributed by atoms with E-state index in [1.165, 1.54) is 20.3 Å². The molecule has 0 aliphatic rings. The van der Waals surface area contributed by atoms with E-state index in [0.717, 1.165) is 25.1 Å². The predicted octanol–water partition coefficient (Wildman–Crippen LogP) is 0.538. The van der Waals surface area contributed by atoms with E-state index in [2.05, 4.69) is 19.5 Å². The highest BCUT2D eigenvalue weighted by atomic mass is 32.2. The van der Waals surface area contributed by atoms with Gasteiger partial charge in [0.2, 0.25) is 10.0 Å². The number of nitrogens with one attached hydrogen (secondary N) is 2. The van der Waals surface area contributed by atoms with Crippen LogP contribution in [0.1, 0.15) is 34.1 Å². The summed E-state index contributed by atoms with van der Waals surface area (Å²) in [6, 6.07) is 3.53. The molecule has 24 heavy (non-hydrogen) atoms. The van der Waals surface area contributed by atoms with Crippen LogP contribution in [0.25, 0.3) is 0 Å². The molecule has 0 aliphatic heterocycles. The minimum atomic E-state index is -3.88. The Morgan fingerprint density at radius 2 is 1.50 bits per heavy atom. The highest BCUT2D eigenvalue weighted by molar-refractivity contribution is 7.89. The van der Waals surface area contributed by atoms with Crippen molar-refractivity contribution in [3.05, 3.63) is 29.3 Å². The zero-order valence-corrected chi connectivity index (χ0v) is 14.7. The van der Waals surface area contributed by atoms with Crippen molar-refractivity contribution in [3.8, 4) is 0 Å². The van der Waals surface area contributed by atoms with Crippen LogP contribution in [0.2, 0.25) is 0 Å². The largest absolute Gasteiger partial charge is 0.465 e. The average Bonchev–Trinajstić information content (AvgIpc) is 2.59. The first-order valence-electron chi connectivity index (χ1n) is 7.37. The van der Waals surface area contributed by atoms with Crippen LogP contribution in [0.5, 0.6) is 0 Å². The summed E-state index contributed by atoms with van der Waals surface area (Å²) >= 11 is 0. The standard InChI is InChI=1S/C15H22N2O6S/c1-4-5-16-6-7-17-24(20,21)13-9-11(14(18)22-2)8-12(10-13)15(19)23-3/h8-10,16-17H,4-7H2,1-3H3. The number of carbonyl (C=O) groups excluding carboxylic acids is 2. The summed E-state index contributed by atoms with van der Waals surface area (Å²) < 4.78 is 36.3. The Morgan fingerprint density at radius 3 is 1.96 bits per heavy atom. The molecule has 2 N–H and O–H groups in total. The van der Waals surface area contributed by atoms with E-state index < -0.39 is 22.0 Å². The molecule has 0 atom stereocenters. The zero-order valence-electron chi connectivity index (χ0n) is 13.9. The van der Waals surface area contributed by atoms with Gasteiger partial charge in [0.05, 0.1) is 30.2 Å². The molecule has 0 heterocycles. The van der Waals surface area contributed by atoms with Gasteiger partial charge in [0.25, 0.3) is 0 Å². The highest BCUT2D eigenvalue weighted by Gasteiger charge is 2.20.